The molecule has 2 aromatic rings. The fourth-order valence-corrected chi connectivity index (χ4v) is 2.60. The van der Waals surface area contributed by atoms with Crippen LogP contribution < -0.4 is 10.7 Å². The molecule has 29 heavy (non-hydrogen) atoms. The number of amides is 2. The second kappa shape index (κ2) is 10.3. The van der Waals surface area contributed by atoms with Crippen LogP contribution in [0.25, 0.3) is 0 Å². The van der Waals surface area contributed by atoms with E-state index in [1.54, 1.807) is 24.3 Å². The first-order valence-corrected chi connectivity index (χ1v) is 9.28. The minimum atomic E-state index is -0.771. The van der Waals surface area contributed by atoms with Crippen molar-refractivity contribution in [2.45, 2.75) is 26.3 Å². The van der Waals surface area contributed by atoms with E-state index in [1.807, 2.05) is 13.8 Å². The second-order valence-corrected chi connectivity index (χ2v) is 7.18. The van der Waals surface area contributed by atoms with E-state index in [1.165, 1.54) is 30.5 Å². The first-order chi connectivity index (χ1) is 13.8. The molecular formula is C20H21ClN4O4. The number of halogens is 1. The van der Waals surface area contributed by atoms with Crippen molar-refractivity contribution in [1.82, 2.24) is 10.7 Å². The van der Waals surface area contributed by atoms with Gasteiger partial charge in [-0.3, -0.25) is 19.7 Å². The number of hydrogen-bond donors (Lipinski definition) is 2. The number of nitro groups is 1. The van der Waals surface area contributed by atoms with Crippen LogP contribution in [0, 0.1) is 16.0 Å². The van der Waals surface area contributed by atoms with Crippen molar-refractivity contribution in [3.8, 4) is 0 Å². The van der Waals surface area contributed by atoms with Crippen molar-refractivity contribution >= 4 is 35.3 Å². The van der Waals surface area contributed by atoms with Crippen molar-refractivity contribution in [3.05, 3.63) is 74.8 Å². The molecule has 2 aromatic carbocycles. The van der Waals surface area contributed by atoms with Crippen LogP contribution >= 0.6 is 11.6 Å². The summed E-state index contributed by atoms with van der Waals surface area (Å²) < 4.78 is 0. The molecule has 0 spiro atoms. The molecule has 0 fully saturated rings. The molecule has 1 unspecified atom stereocenters. The van der Waals surface area contributed by atoms with Crippen LogP contribution in [0.3, 0.4) is 0 Å². The normalized spacial score (nSPS) is 12.0. The van der Waals surface area contributed by atoms with Gasteiger partial charge in [-0.05, 0) is 54.3 Å². The van der Waals surface area contributed by atoms with Crippen LogP contribution in [0.2, 0.25) is 5.02 Å². The van der Waals surface area contributed by atoms with Crippen molar-refractivity contribution in [1.29, 1.82) is 0 Å². The molecule has 2 rings (SSSR count). The zero-order valence-electron chi connectivity index (χ0n) is 16.0. The maximum Gasteiger partial charge on any atom is 0.269 e. The maximum atomic E-state index is 12.5. The highest BCUT2D eigenvalue weighted by molar-refractivity contribution is 6.30. The molecule has 0 radical (unpaired) electrons. The van der Waals surface area contributed by atoms with Gasteiger partial charge in [-0.15, -0.1) is 0 Å². The summed E-state index contributed by atoms with van der Waals surface area (Å²) in [6.45, 7) is 3.88. The number of rotatable bonds is 8. The summed E-state index contributed by atoms with van der Waals surface area (Å²) in [5.41, 5.74) is 3.35. The Balaban J connectivity index is 2.01. The smallest absolute Gasteiger partial charge is 0.269 e. The van der Waals surface area contributed by atoms with Gasteiger partial charge in [0.2, 0.25) is 0 Å². The summed E-state index contributed by atoms with van der Waals surface area (Å²) in [4.78, 5) is 35.1. The topological polar surface area (TPSA) is 114 Å². The molecule has 0 aliphatic rings. The van der Waals surface area contributed by atoms with E-state index in [-0.39, 0.29) is 17.5 Å². The lowest BCUT2D eigenvalue weighted by atomic mass is 10.0. The minimum absolute atomic E-state index is 0.0342. The van der Waals surface area contributed by atoms with Crippen molar-refractivity contribution in [3.63, 3.8) is 0 Å². The first kappa shape index (κ1) is 22.0. The van der Waals surface area contributed by atoms with Crippen LogP contribution in [-0.2, 0) is 4.79 Å². The largest absolute Gasteiger partial charge is 0.340 e. The summed E-state index contributed by atoms with van der Waals surface area (Å²) in [6, 6.07) is 11.3. The van der Waals surface area contributed by atoms with Crippen LogP contribution in [0.4, 0.5) is 5.69 Å². The highest BCUT2D eigenvalue weighted by Gasteiger charge is 2.22. The van der Waals surface area contributed by atoms with Gasteiger partial charge in [-0.25, -0.2) is 5.43 Å². The Morgan fingerprint density at radius 1 is 1.14 bits per heavy atom. The number of nitrogens with one attached hydrogen (secondary N) is 2. The van der Waals surface area contributed by atoms with E-state index in [0.717, 1.165) is 0 Å². The lowest BCUT2D eigenvalue weighted by molar-refractivity contribution is -0.384. The van der Waals surface area contributed by atoms with Crippen molar-refractivity contribution in [2.24, 2.45) is 11.0 Å². The van der Waals surface area contributed by atoms with E-state index in [9.17, 15) is 19.7 Å². The third-order valence-electron chi connectivity index (χ3n) is 3.93. The van der Waals surface area contributed by atoms with E-state index >= 15 is 0 Å². The lowest BCUT2D eigenvalue weighted by Crippen LogP contribution is -2.46. The molecule has 0 aliphatic heterocycles. The number of nitro benzene ring substituents is 1. The predicted octanol–water partition coefficient (Wildman–Crippen LogP) is 3.54. The standard InChI is InChI=1S/C20H21ClN4O4/c1-13(2)11-18(23-19(26)15-5-7-16(21)8-6-15)20(27)24-22-12-14-3-9-17(10-4-14)25(28)29/h3-10,12-13,18H,11H2,1-2H3,(H,23,26)(H,24,27). The van der Waals surface area contributed by atoms with E-state index in [0.29, 0.717) is 22.6 Å². The van der Waals surface area contributed by atoms with Crippen molar-refractivity contribution < 1.29 is 14.5 Å². The van der Waals surface area contributed by atoms with Gasteiger partial charge in [-0.1, -0.05) is 25.4 Å². The monoisotopic (exact) mass is 416 g/mol. The van der Waals surface area contributed by atoms with Gasteiger partial charge in [-0.2, -0.15) is 5.10 Å². The van der Waals surface area contributed by atoms with E-state index in [2.05, 4.69) is 15.8 Å². The lowest BCUT2D eigenvalue weighted by Gasteiger charge is -2.19. The van der Waals surface area contributed by atoms with E-state index in [4.69, 9.17) is 11.6 Å². The number of non-ortho nitro benzene ring substituents is 1. The second-order valence-electron chi connectivity index (χ2n) is 6.75. The van der Waals surface area contributed by atoms with Crippen LogP contribution in [0.1, 0.15) is 36.2 Å². The molecule has 8 nitrogen and oxygen atoms in total. The van der Waals surface area contributed by atoms with Gasteiger partial charge >= 0.3 is 0 Å². The quantitative estimate of drug-likeness (QED) is 0.389. The third-order valence-corrected chi connectivity index (χ3v) is 4.18. The highest BCUT2D eigenvalue weighted by Crippen LogP contribution is 2.12. The summed E-state index contributed by atoms with van der Waals surface area (Å²) in [5.74, 6) is -0.684. The molecular weight excluding hydrogens is 396 g/mol. The average Bonchev–Trinajstić information content (AvgIpc) is 2.68. The Kier molecular flexibility index (Phi) is 7.85. The molecule has 0 saturated carbocycles. The Morgan fingerprint density at radius 2 is 1.76 bits per heavy atom. The minimum Gasteiger partial charge on any atom is -0.340 e. The Labute approximate surface area is 173 Å². The Morgan fingerprint density at radius 3 is 2.31 bits per heavy atom. The molecule has 1 atom stereocenters. The zero-order chi connectivity index (χ0) is 21.4. The molecule has 0 bridgehead atoms. The Hall–Kier alpha value is -3.26. The predicted molar refractivity (Wildman–Crippen MR) is 111 cm³/mol. The SMILES string of the molecule is CC(C)CC(NC(=O)c1ccc(Cl)cc1)C(=O)NN=Cc1ccc([N+](=O)[O-])cc1. The number of nitrogens with zero attached hydrogens (tertiary/aromatic N) is 2. The molecule has 9 heteroatoms. The summed E-state index contributed by atoms with van der Waals surface area (Å²) >= 11 is 5.83. The third kappa shape index (κ3) is 7.00. The van der Waals surface area contributed by atoms with Crippen molar-refractivity contribution in [2.75, 3.05) is 0 Å². The molecule has 0 heterocycles. The summed E-state index contributed by atoms with van der Waals surface area (Å²) in [7, 11) is 0. The van der Waals surface area contributed by atoms with Crippen LogP contribution in [0.15, 0.2) is 53.6 Å². The molecule has 0 aliphatic carbocycles. The molecule has 2 N–H and O–H groups in total. The van der Waals surface area contributed by atoms with Gasteiger partial charge < -0.3 is 5.32 Å². The van der Waals surface area contributed by atoms with Gasteiger partial charge in [0.25, 0.3) is 17.5 Å². The van der Waals surface area contributed by atoms with Gasteiger partial charge in [0.05, 0.1) is 11.1 Å². The zero-order valence-corrected chi connectivity index (χ0v) is 16.7. The maximum absolute atomic E-state index is 12.5. The fraction of sp³-hybridized carbons (Fsp3) is 0.250. The number of hydrazone groups is 1. The van der Waals surface area contributed by atoms with E-state index < -0.39 is 16.9 Å². The van der Waals surface area contributed by atoms with Crippen LogP contribution in [-0.4, -0.2) is 29.0 Å². The molecule has 152 valence electrons. The molecule has 0 saturated heterocycles. The molecule has 0 aromatic heterocycles. The highest BCUT2D eigenvalue weighted by atomic mass is 35.5. The molecule has 2 amide bonds. The number of benzene rings is 2. The first-order valence-electron chi connectivity index (χ1n) is 8.90. The number of hydrogen-bond acceptors (Lipinski definition) is 5. The van der Waals surface area contributed by atoms with Gasteiger partial charge in [0, 0.05) is 22.7 Å². The fourth-order valence-electron chi connectivity index (χ4n) is 2.48. The Bertz CT molecular complexity index is 896. The van der Waals surface area contributed by atoms with Gasteiger partial charge in [0.1, 0.15) is 6.04 Å². The summed E-state index contributed by atoms with van der Waals surface area (Å²) in [6.07, 6.45) is 1.80. The van der Waals surface area contributed by atoms with Gasteiger partial charge in [0.15, 0.2) is 0 Å². The number of carbonyl (C=O) groups is 2. The van der Waals surface area contributed by atoms with Crippen LogP contribution in [0.5, 0.6) is 0 Å². The average molecular weight is 417 g/mol. The summed E-state index contributed by atoms with van der Waals surface area (Å²) in [5, 5.41) is 17.8. The number of carbonyl (C=O) groups excluding carboxylic acids is 2.